The number of hydrogen-bond acceptors (Lipinski definition) is 3. The molecule has 1 aliphatic rings. The zero-order chi connectivity index (χ0) is 13.8. The Hall–Kier alpha value is -1.84. The van der Waals surface area contributed by atoms with Gasteiger partial charge >= 0.3 is 0 Å². The van der Waals surface area contributed by atoms with E-state index < -0.39 is 0 Å². The van der Waals surface area contributed by atoms with Crippen molar-refractivity contribution >= 4 is 0 Å². The van der Waals surface area contributed by atoms with Crippen molar-refractivity contribution in [2.24, 2.45) is 5.73 Å². The molecule has 2 aromatic carbocycles. The van der Waals surface area contributed by atoms with Gasteiger partial charge in [-0.1, -0.05) is 42.5 Å². The van der Waals surface area contributed by atoms with Gasteiger partial charge in [0.15, 0.2) is 0 Å². The van der Waals surface area contributed by atoms with Crippen molar-refractivity contribution < 1.29 is 9.47 Å². The van der Waals surface area contributed by atoms with Crippen molar-refractivity contribution in [3.8, 4) is 5.75 Å². The Morgan fingerprint density at radius 1 is 1.10 bits per heavy atom. The Labute approximate surface area is 119 Å². The van der Waals surface area contributed by atoms with Crippen LogP contribution in [0.3, 0.4) is 0 Å². The first-order chi connectivity index (χ1) is 9.88. The molecule has 2 aromatic rings. The van der Waals surface area contributed by atoms with Gasteiger partial charge in [0.05, 0.1) is 6.61 Å². The SMILES string of the molecule is NCc1ccccc1OCC1OCCc2ccccc21. The number of ether oxygens (including phenoxy) is 2. The number of fused-ring (bicyclic) bond motifs is 1. The summed E-state index contributed by atoms with van der Waals surface area (Å²) in [6.07, 6.45) is 0.984. The third kappa shape index (κ3) is 2.69. The molecule has 0 fully saturated rings. The van der Waals surface area contributed by atoms with Crippen molar-refractivity contribution in [1.29, 1.82) is 0 Å². The first kappa shape index (κ1) is 13.2. The van der Waals surface area contributed by atoms with E-state index in [2.05, 4.69) is 18.2 Å². The van der Waals surface area contributed by atoms with E-state index >= 15 is 0 Å². The standard InChI is InChI=1S/C17H19NO2/c18-11-14-6-2-4-8-16(14)20-12-17-15-7-3-1-5-13(15)9-10-19-17/h1-8,17H,9-12,18H2. The molecule has 0 aromatic heterocycles. The molecular weight excluding hydrogens is 250 g/mol. The van der Waals surface area contributed by atoms with E-state index in [1.807, 2.05) is 30.3 Å². The van der Waals surface area contributed by atoms with Gasteiger partial charge < -0.3 is 15.2 Å². The number of benzene rings is 2. The highest BCUT2D eigenvalue weighted by Crippen LogP contribution is 2.28. The topological polar surface area (TPSA) is 44.5 Å². The summed E-state index contributed by atoms with van der Waals surface area (Å²) in [6, 6.07) is 16.3. The average Bonchev–Trinajstić information content (AvgIpc) is 2.53. The molecule has 1 heterocycles. The van der Waals surface area contributed by atoms with E-state index in [-0.39, 0.29) is 6.10 Å². The zero-order valence-corrected chi connectivity index (χ0v) is 11.4. The first-order valence-corrected chi connectivity index (χ1v) is 6.98. The number of para-hydroxylation sites is 1. The lowest BCUT2D eigenvalue weighted by Gasteiger charge is -2.26. The lowest BCUT2D eigenvalue weighted by molar-refractivity contribution is 0.00999. The molecular formula is C17H19NO2. The van der Waals surface area contributed by atoms with Crippen LogP contribution in [0.2, 0.25) is 0 Å². The Kier molecular flexibility index (Phi) is 4.00. The third-order valence-electron chi connectivity index (χ3n) is 3.68. The van der Waals surface area contributed by atoms with Crippen LogP contribution in [0.4, 0.5) is 0 Å². The van der Waals surface area contributed by atoms with Gasteiger partial charge in [-0.15, -0.1) is 0 Å². The van der Waals surface area contributed by atoms with E-state index in [4.69, 9.17) is 15.2 Å². The van der Waals surface area contributed by atoms with E-state index in [0.717, 1.165) is 24.3 Å². The maximum Gasteiger partial charge on any atom is 0.123 e. The molecule has 20 heavy (non-hydrogen) atoms. The Bertz CT molecular complexity index is 583. The van der Waals surface area contributed by atoms with Crippen LogP contribution in [0.1, 0.15) is 22.8 Å². The Balaban J connectivity index is 1.73. The normalized spacial score (nSPS) is 17.6. The van der Waals surface area contributed by atoms with Gasteiger partial charge in [0.25, 0.3) is 0 Å². The van der Waals surface area contributed by atoms with Gasteiger partial charge in [-0.2, -0.15) is 0 Å². The van der Waals surface area contributed by atoms with Crippen LogP contribution < -0.4 is 10.5 Å². The summed E-state index contributed by atoms with van der Waals surface area (Å²) in [6.45, 7) is 1.76. The molecule has 104 valence electrons. The first-order valence-electron chi connectivity index (χ1n) is 6.98. The minimum atomic E-state index is 0.00535. The maximum atomic E-state index is 5.92. The summed E-state index contributed by atoms with van der Waals surface area (Å²) in [7, 11) is 0. The highest BCUT2D eigenvalue weighted by atomic mass is 16.5. The fourth-order valence-corrected chi connectivity index (χ4v) is 2.59. The molecule has 0 bridgehead atoms. The van der Waals surface area contributed by atoms with E-state index in [1.54, 1.807) is 0 Å². The fourth-order valence-electron chi connectivity index (χ4n) is 2.59. The minimum absolute atomic E-state index is 0.00535. The van der Waals surface area contributed by atoms with Gasteiger partial charge in [-0.25, -0.2) is 0 Å². The van der Waals surface area contributed by atoms with E-state index in [0.29, 0.717) is 13.2 Å². The molecule has 0 saturated carbocycles. The number of hydrogen-bond donors (Lipinski definition) is 1. The molecule has 2 N–H and O–H groups in total. The van der Waals surface area contributed by atoms with Crippen molar-refractivity contribution in [2.75, 3.05) is 13.2 Å². The average molecular weight is 269 g/mol. The summed E-state index contributed by atoms with van der Waals surface area (Å²) in [4.78, 5) is 0. The third-order valence-corrected chi connectivity index (χ3v) is 3.68. The molecule has 3 nitrogen and oxygen atoms in total. The second-order valence-electron chi connectivity index (χ2n) is 4.93. The van der Waals surface area contributed by atoms with Crippen LogP contribution in [0.25, 0.3) is 0 Å². The molecule has 3 heteroatoms. The summed E-state index contributed by atoms with van der Waals surface area (Å²) < 4.78 is 11.8. The van der Waals surface area contributed by atoms with Crippen LogP contribution in [0.15, 0.2) is 48.5 Å². The van der Waals surface area contributed by atoms with E-state index in [9.17, 15) is 0 Å². The molecule has 3 rings (SSSR count). The molecule has 0 saturated heterocycles. The van der Waals surface area contributed by atoms with Gasteiger partial charge in [0, 0.05) is 12.1 Å². The van der Waals surface area contributed by atoms with Crippen LogP contribution in [-0.2, 0) is 17.7 Å². The highest BCUT2D eigenvalue weighted by Gasteiger charge is 2.21. The van der Waals surface area contributed by atoms with Crippen molar-refractivity contribution in [2.45, 2.75) is 19.1 Å². The molecule has 1 aliphatic heterocycles. The van der Waals surface area contributed by atoms with Gasteiger partial charge in [-0.05, 0) is 23.6 Å². The van der Waals surface area contributed by atoms with Crippen LogP contribution >= 0.6 is 0 Å². The van der Waals surface area contributed by atoms with Gasteiger partial charge in [0.2, 0.25) is 0 Å². The largest absolute Gasteiger partial charge is 0.490 e. The lowest BCUT2D eigenvalue weighted by atomic mass is 9.98. The van der Waals surface area contributed by atoms with Crippen LogP contribution in [0.5, 0.6) is 5.75 Å². The monoisotopic (exact) mass is 269 g/mol. The van der Waals surface area contributed by atoms with Crippen LogP contribution in [0, 0.1) is 0 Å². The van der Waals surface area contributed by atoms with Crippen molar-refractivity contribution in [3.63, 3.8) is 0 Å². The molecule has 0 radical (unpaired) electrons. The predicted molar refractivity (Wildman–Crippen MR) is 78.7 cm³/mol. The summed E-state index contributed by atoms with van der Waals surface area (Å²) in [5, 5.41) is 0. The number of nitrogens with two attached hydrogens (primary N) is 1. The molecule has 1 unspecified atom stereocenters. The summed E-state index contributed by atoms with van der Waals surface area (Å²) in [5.41, 5.74) is 9.35. The predicted octanol–water partition coefficient (Wildman–Crippen LogP) is 2.84. The molecule has 1 atom stereocenters. The van der Waals surface area contributed by atoms with Gasteiger partial charge in [0.1, 0.15) is 18.5 Å². The smallest absolute Gasteiger partial charge is 0.123 e. The quantitative estimate of drug-likeness (QED) is 0.928. The summed E-state index contributed by atoms with van der Waals surface area (Å²) >= 11 is 0. The Morgan fingerprint density at radius 3 is 2.80 bits per heavy atom. The van der Waals surface area contributed by atoms with Crippen LogP contribution in [-0.4, -0.2) is 13.2 Å². The second-order valence-corrected chi connectivity index (χ2v) is 4.93. The molecule has 0 aliphatic carbocycles. The van der Waals surface area contributed by atoms with Crippen molar-refractivity contribution in [1.82, 2.24) is 0 Å². The molecule has 0 amide bonds. The van der Waals surface area contributed by atoms with Gasteiger partial charge in [-0.3, -0.25) is 0 Å². The highest BCUT2D eigenvalue weighted by molar-refractivity contribution is 5.34. The molecule has 0 spiro atoms. The Morgan fingerprint density at radius 2 is 1.90 bits per heavy atom. The van der Waals surface area contributed by atoms with E-state index in [1.165, 1.54) is 11.1 Å². The second kappa shape index (κ2) is 6.07. The zero-order valence-electron chi connectivity index (χ0n) is 11.4. The maximum absolute atomic E-state index is 5.92. The minimum Gasteiger partial charge on any atom is -0.490 e. The summed E-state index contributed by atoms with van der Waals surface area (Å²) in [5.74, 6) is 0.849. The van der Waals surface area contributed by atoms with Crippen molar-refractivity contribution in [3.05, 3.63) is 65.2 Å². The lowest BCUT2D eigenvalue weighted by Crippen LogP contribution is -2.22. The number of rotatable bonds is 4. The fraction of sp³-hybridized carbons (Fsp3) is 0.294.